The highest BCUT2D eigenvalue weighted by atomic mass is 32.1. The van der Waals surface area contributed by atoms with Gasteiger partial charge in [0.05, 0.1) is 15.9 Å². The Balaban J connectivity index is 1.62. The van der Waals surface area contributed by atoms with E-state index < -0.39 is 0 Å². The molecular formula is C19H20N4O2S. The van der Waals surface area contributed by atoms with Gasteiger partial charge < -0.3 is 9.64 Å². The van der Waals surface area contributed by atoms with Gasteiger partial charge >= 0.3 is 0 Å². The molecule has 0 saturated heterocycles. The number of thiazole rings is 1. The lowest BCUT2D eigenvalue weighted by atomic mass is 10.1. The van der Waals surface area contributed by atoms with Crippen molar-refractivity contribution in [2.45, 2.75) is 6.92 Å². The molecule has 0 aliphatic rings. The molecule has 3 rings (SSSR count). The summed E-state index contributed by atoms with van der Waals surface area (Å²) in [6, 6.07) is 15.5. The van der Waals surface area contributed by atoms with Gasteiger partial charge in [-0.1, -0.05) is 23.5 Å². The SMILES string of the molecule is C/C(=N\Nc1nc2ccccc2s1)c1ccc(OCC(=O)N(C)C)cc1. The number of para-hydroxylation sites is 1. The number of amides is 1. The van der Waals surface area contributed by atoms with E-state index in [0.29, 0.717) is 5.75 Å². The van der Waals surface area contributed by atoms with Gasteiger partial charge in [0.15, 0.2) is 6.61 Å². The molecule has 2 aromatic carbocycles. The van der Waals surface area contributed by atoms with E-state index >= 15 is 0 Å². The van der Waals surface area contributed by atoms with Crippen molar-refractivity contribution in [1.29, 1.82) is 0 Å². The second-order valence-corrected chi connectivity index (χ2v) is 6.93. The zero-order valence-electron chi connectivity index (χ0n) is 14.9. The van der Waals surface area contributed by atoms with Crippen LogP contribution in [0.5, 0.6) is 5.75 Å². The number of carbonyl (C=O) groups excluding carboxylic acids is 1. The summed E-state index contributed by atoms with van der Waals surface area (Å²) < 4.78 is 6.59. The van der Waals surface area contributed by atoms with E-state index in [0.717, 1.165) is 26.6 Å². The van der Waals surface area contributed by atoms with Crippen molar-refractivity contribution in [1.82, 2.24) is 9.88 Å². The molecule has 1 heterocycles. The van der Waals surface area contributed by atoms with E-state index in [1.807, 2.05) is 55.5 Å². The Labute approximate surface area is 156 Å². The Morgan fingerprint density at radius 1 is 1.19 bits per heavy atom. The molecular weight excluding hydrogens is 348 g/mol. The summed E-state index contributed by atoms with van der Waals surface area (Å²) in [6.07, 6.45) is 0. The zero-order chi connectivity index (χ0) is 18.5. The Hall–Kier alpha value is -2.93. The monoisotopic (exact) mass is 368 g/mol. The van der Waals surface area contributed by atoms with Crippen LogP contribution in [0.25, 0.3) is 10.2 Å². The first-order valence-electron chi connectivity index (χ1n) is 8.12. The molecule has 0 aliphatic carbocycles. The molecule has 0 aliphatic heterocycles. The van der Waals surface area contributed by atoms with Gasteiger partial charge in [-0.05, 0) is 48.9 Å². The highest BCUT2D eigenvalue weighted by Gasteiger charge is 2.06. The molecule has 7 heteroatoms. The molecule has 0 atom stereocenters. The molecule has 3 aromatic rings. The highest BCUT2D eigenvalue weighted by Crippen LogP contribution is 2.25. The number of aromatic nitrogens is 1. The Morgan fingerprint density at radius 2 is 1.92 bits per heavy atom. The molecule has 0 saturated carbocycles. The summed E-state index contributed by atoms with van der Waals surface area (Å²) in [5, 5.41) is 5.16. The molecule has 0 unspecified atom stereocenters. The van der Waals surface area contributed by atoms with Crippen molar-refractivity contribution in [2.24, 2.45) is 5.10 Å². The second kappa shape index (κ2) is 7.97. The molecule has 6 nitrogen and oxygen atoms in total. The van der Waals surface area contributed by atoms with Crippen LogP contribution in [0.1, 0.15) is 12.5 Å². The highest BCUT2D eigenvalue weighted by molar-refractivity contribution is 7.22. The van der Waals surface area contributed by atoms with Gasteiger partial charge in [-0.15, -0.1) is 0 Å². The van der Waals surface area contributed by atoms with Gasteiger partial charge in [-0.2, -0.15) is 5.10 Å². The maximum atomic E-state index is 11.5. The van der Waals surface area contributed by atoms with E-state index in [9.17, 15) is 4.79 Å². The van der Waals surface area contributed by atoms with Crippen LogP contribution >= 0.6 is 11.3 Å². The number of nitrogens with one attached hydrogen (secondary N) is 1. The van der Waals surface area contributed by atoms with Crippen molar-refractivity contribution in [3.63, 3.8) is 0 Å². The first kappa shape index (κ1) is 17.9. The summed E-state index contributed by atoms with van der Waals surface area (Å²) in [7, 11) is 3.40. The van der Waals surface area contributed by atoms with Gasteiger partial charge in [0.25, 0.3) is 5.91 Å². The molecule has 134 valence electrons. The minimum Gasteiger partial charge on any atom is -0.484 e. The first-order chi connectivity index (χ1) is 12.5. The largest absolute Gasteiger partial charge is 0.484 e. The number of rotatable bonds is 6. The van der Waals surface area contributed by atoms with Crippen LogP contribution in [-0.4, -0.2) is 42.2 Å². The number of likely N-dealkylation sites (N-methyl/N-ethyl adjacent to an activating group) is 1. The topological polar surface area (TPSA) is 66.8 Å². The van der Waals surface area contributed by atoms with Crippen LogP contribution < -0.4 is 10.2 Å². The number of anilines is 1. The Kier molecular flexibility index (Phi) is 5.48. The van der Waals surface area contributed by atoms with Crippen LogP contribution in [0.3, 0.4) is 0 Å². The van der Waals surface area contributed by atoms with Crippen LogP contribution in [-0.2, 0) is 4.79 Å². The fourth-order valence-corrected chi connectivity index (χ4v) is 2.99. The smallest absolute Gasteiger partial charge is 0.259 e. The van der Waals surface area contributed by atoms with Gasteiger partial charge in [0, 0.05) is 14.1 Å². The molecule has 0 radical (unpaired) electrons. The number of fused-ring (bicyclic) bond motifs is 1. The fraction of sp³-hybridized carbons (Fsp3) is 0.211. The van der Waals surface area contributed by atoms with E-state index in [2.05, 4.69) is 15.5 Å². The summed E-state index contributed by atoms with van der Waals surface area (Å²) in [4.78, 5) is 17.5. The number of ether oxygens (including phenoxy) is 1. The molecule has 26 heavy (non-hydrogen) atoms. The van der Waals surface area contributed by atoms with E-state index in [1.54, 1.807) is 25.4 Å². The third-order valence-electron chi connectivity index (χ3n) is 3.75. The van der Waals surface area contributed by atoms with Crippen molar-refractivity contribution in [3.8, 4) is 5.75 Å². The number of nitrogens with zero attached hydrogens (tertiary/aromatic N) is 3. The number of hydrogen-bond acceptors (Lipinski definition) is 6. The lowest BCUT2D eigenvalue weighted by Crippen LogP contribution is -2.27. The minimum absolute atomic E-state index is 0.0264. The lowest BCUT2D eigenvalue weighted by Gasteiger charge is -2.11. The van der Waals surface area contributed by atoms with Gasteiger partial charge in [0.2, 0.25) is 5.13 Å². The quantitative estimate of drug-likeness (QED) is 0.533. The van der Waals surface area contributed by atoms with E-state index in [4.69, 9.17) is 4.74 Å². The van der Waals surface area contributed by atoms with Crippen molar-refractivity contribution in [3.05, 3.63) is 54.1 Å². The number of benzene rings is 2. The van der Waals surface area contributed by atoms with Crippen LogP contribution in [0, 0.1) is 0 Å². The van der Waals surface area contributed by atoms with E-state index in [-0.39, 0.29) is 12.5 Å². The summed E-state index contributed by atoms with van der Waals surface area (Å²) in [5.74, 6) is 0.572. The second-order valence-electron chi connectivity index (χ2n) is 5.90. The zero-order valence-corrected chi connectivity index (χ0v) is 15.7. The maximum Gasteiger partial charge on any atom is 0.259 e. The Morgan fingerprint density at radius 3 is 2.62 bits per heavy atom. The maximum absolute atomic E-state index is 11.5. The predicted molar refractivity (Wildman–Crippen MR) is 106 cm³/mol. The van der Waals surface area contributed by atoms with Gasteiger partial charge in [-0.25, -0.2) is 4.98 Å². The molecule has 1 aromatic heterocycles. The number of hydrogen-bond donors (Lipinski definition) is 1. The van der Waals surface area contributed by atoms with E-state index in [1.165, 1.54) is 4.90 Å². The molecule has 1 N–H and O–H groups in total. The number of carbonyl (C=O) groups is 1. The van der Waals surface area contributed by atoms with Crippen LogP contribution in [0.2, 0.25) is 0 Å². The van der Waals surface area contributed by atoms with Crippen molar-refractivity contribution in [2.75, 3.05) is 26.1 Å². The fourth-order valence-electron chi connectivity index (χ4n) is 2.18. The summed E-state index contributed by atoms with van der Waals surface area (Å²) in [5.41, 5.74) is 5.77. The Bertz CT molecular complexity index is 899. The summed E-state index contributed by atoms with van der Waals surface area (Å²) in [6.45, 7) is 1.95. The first-order valence-corrected chi connectivity index (χ1v) is 8.94. The minimum atomic E-state index is -0.0770. The predicted octanol–water partition coefficient (Wildman–Crippen LogP) is 3.60. The number of hydrazone groups is 1. The molecule has 0 spiro atoms. The normalized spacial score (nSPS) is 11.4. The molecule has 1 amide bonds. The van der Waals surface area contributed by atoms with Gasteiger partial charge in [-0.3, -0.25) is 10.2 Å². The average Bonchev–Trinajstić information content (AvgIpc) is 3.07. The summed E-state index contributed by atoms with van der Waals surface area (Å²) >= 11 is 1.56. The van der Waals surface area contributed by atoms with Crippen LogP contribution in [0.15, 0.2) is 53.6 Å². The lowest BCUT2D eigenvalue weighted by molar-refractivity contribution is -0.130. The van der Waals surface area contributed by atoms with Crippen molar-refractivity contribution < 1.29 is 9.53 Å². The third kappa shape index (κ3) is 4.37. The van der Waals surface area contributed by atoms with Gasteiger partial charge in [0.1, 0.15) is 5.75 Å². The van der Waals surface area contributed by atoms with Crippen molar-refractivity contribution >= 4 is 38.3 Å². The third-order valence-corrected chi connectivity index (χ3v) is 4.69. The molecule has 0 fully saturated rings. The average molecular weight is 368 g/mol. The standard InChI is InChI=1S/C19H20N4O2S/c1-13(21-22-19-20-16-6-4-5-7-17(16)26-19)14-8-10-15(11-9-14)25-12-18(24)23(2)3/h4-11H,12H2,1-3H3,(H,20,22)/b21-13+. The molecule has 0 bridgehead atoms. The van der Waals surface area contributed by atoms with Crippen LogP contribution in [0.4, 0.5) is 5.13 Å².